The number of likely N-dealkylation sites (N-methyl/N-ethyl adjacent to an activating group) is 1. The molecule has 0 aromatic carbocycles. The van der Waals surface area contributed by atoms with Crippen molar-refractivity contribution in [3.05, 3.63) is 72.9 Å². The first-order chi connectivity index (χ1) is 41.0. The molecule has 2 unspecified atom stereocenters. The van der Waals surface area contributed by atoms with E-state index < -0.39 is 26.5 Å². The fourth-order valence-electron chi connectivity index (χ4n) is 10.3. The van der Waals surface area contributed by atoms with Crippen molar-refractivity contribution in [3.63, 3.8) is 0 Å². The first kappa shape index (κ1) is 81.5. The molecular weight excluding hydrogens is 1060 g/mol. The van der Waals surface area contributed by atoms with Gasteiger partial charge in [0.15, 0.2) is 6.10 Å². The van der Waals surface area contributed by atoms with Gasteiger partial charge in [-0.1, -0.05) is 311 Å². The van der Waals surface area contributed by atoms with E-state index in [1.165, 1.54) is 238 Å². The molecule has 0 radical (unpaired) electrons. The molecule has 1 N–H and O–H groups in total. The molecule has 0 fully saturated rings. The lowest BCUT2D eigenvalue weighted by molar-refractivity contribution is -0.870. The van der Waals surface area contributed by atoms with Crippen molar-refractivity contribution in [1.82, 2.24) is 0 Å². The summed E-state index contributed by atoms with van der Waals surface area (Å²) in [6.45, 7) is 4.36. The van der Waals surface area contributed by atoms with E-state index in [0.29, 0.717) is 17.4 Å². The lowest BCUT2D eigenvalue weighted by atomic mass is 10.0. The maximum absolute atomic E-state index is 12.9. The molecule has 0 aromatic heterocycles. The van der Waals surface area contributed by atoms with Crippen molar-refractivity contribution in [2.24, 2.45) is 0 Å². The van der Waals surface area contributed by atoms with Crippen LogP contribution in [0, 0.1) is 0 Å². The third-order valence-electron chi connectivity index (χ3n) is 15.7. The molecule has 0 aliphatic carbocycles. The van der Waals surface area contributed by atoms with Gasteiger partial charge in [0.25, 0.3) is 0 Å². The van der Waals surface area contributed by atoms with Gasteiger partial charge in [-0.15, -0.1) is 0 Å². The number of phosphoric ester groups is 1. The minimum Gasteiger partial charge on any atom is -0.462 e. The van der Waals surface area contributed by atoms with Crippen molar-refractivity contribution in [2.75, 3.05) is 47.5 Å². The number of phosphoric acid groups is 1. The molecule has 0 bridgehead atoms. The van der Waals surface area contributed by atoms with Crippen molar-refractivity contribution < 1.29 is 42.1 Å². The van der Waals surface area contributed by atoms with Gasteiger partial charge in [0.1, 0.15) is 19.8 Å². The molecule has 0 spiro atoms. The molecule has 0 aliphatic rings. The Kier molecular flexibility index (Phi) is 62.9. The van der Waals surface area contributed by atoms with Gasteiger partial charge < -0.3 is 18.9 Å². The summed E-state index contributed by atoms with van der Waals surface area (Å²) in [5.74, 6) is -0.784. The minimum atomic E-state index is -4.39. The Morgan fingerprint density at radius 3 is 1.01 bits per heavy atom. The summed E-state index contributed by atoms with van der Waals surface area (Å²) < 4.78 is 34.7. The van der Waals surface area contributed by atoms with Crippen LogP contribution in [0.25, 0.3) is 0 Å². The highest BCUT2D eigenvalue weighted by molar-refractivity contribution is 7.47. The number of nitrogens with zero attached hydrogens (tertiary/aromatic N) is 1. The topological polar surface area (TPSA) is 108 Å². The molecule has 0 amide bonds. The van der Waals surface area contributed by atoms with Gasteiger partial charge in [-0.05, 0) is 83.5 Å². The average molecular weight is 1200 g/mol. The quantitative estimate of drug-likeness (QED) is 0.0211. The Morgan fingerprint density at radius 1 is 0.381 bits per heavy atom. The Hall–Kier alpha value is -2.55. The van der Waals surface area contributed by atoms with Crippen LogP contribution >= 0.6 is 7.82 Å². The van der Waals surface area contributed by atoms with Gasteiger partial charge >= 0.3 is 19.8 Å². The molecule has 490 valence electrons. The Morgan fingerprint density at radius 2 is 0.679 bits per heavy atom. The maximum atomic E-state index is 12.9. The molecule has 0 aromatic rings. The number of carbonyl (C=O) groups excluding carboxylic acids is 2. The first-order valence-corrected chi connectivity index (χ1v) is 37.2. The van der Waals surface area contributed by atoms with Crippen LogP contribution in [0.4, 0.5) is 0 Å². The predicted molar refractivity (Wildman–Crippen MR) is 363 cm³/mol. The van der Waals surface area contributed by atoms with Crippen molar-refractivity contribution in [2.45, 2.75) is 341 Å². The Labute approximate surface area is 520 Å². The van der Waals surface area contributed by atoms with Gasteiger partial charge in [0, 0.05) is 12.8 Å². The summed E-state index contributed by atoms with van der Waals surface area (Å²) in [6, 6.07) is 0. The minimum absolute atomic E-state index is 0.0320. The summed E-state index contributed by atoms with van der Waals surface area (Å²) in [5, 5.41) is 0. The number of rotatable bonds is 66. The zero-order valence-electron chi connectivity index (χ0n) is 55.9. The highest BCUT2D eigenvalue weighted by Crippen LogP contribution is 2.43. The highest BCUT2D eigenvalue weighted by Gasteiger charge is 2.27. The summed E-state index contributed by atoms with van der Waals surface area (Å²) in [7, 11) is 1.49. The van der Waals surface area contributed by atoms with Crippen LogP contribution in [0.15, 0.2) is 72.9 Å². The van der Waals surface area contributed by atoms with E-state index in [9.17, 15) is 19.0 Å². The molecule has 0 rings (SSSR count). The van der Waals surface area contributed by atoms with Crippen molar-refractivity contribution in [3.8, 4) is 0 Å². The van der Waals surface area contributed by atoms with Crippen molar-refractivity contribution >= 4 is 19.8 Å². The number of hydrogen-bond acceptors (Lipinski definition) is 7. The second-order valence-corrected chi connectivity index (χ2v) is 26.7. The van der Waals surface area contributed by atoms with E-state index in [-0.39, 0.29) is 32.0 Å². The van der Waals surface area contributed by atoms with Crippen molar-refractivity contribution in [1.29, 1.82) is 0 Å². The molecule has 0 aliphatic heterocycles. The van der Waals surface area contributed by atoms with E-state index in [0.717, 1.165) is 64.2 Å². The summed E-state index contributed by atoms with van der Waals surface area (Å²) >= 11 is 0. The number of allylic oxidation sites excluding steroid dienone is 12. The number of unbranched alkanes of at least 4 members (excludes halogenated alkanes) is 40. The standard InChI is InChI=1S/C74H136NO8P/c1-6-8-10-12-14-16-18-20-22-24-26-28-30-31-32-33-34-35-36-37-38-39-40-41-42-43-45-47-49-51-53-55-57-59-61-63-65-67-74(77)83-72(71-82-84(78,79)81-69-68-75(3,4)5)70-80-73(76)66-64-62-60-58-56-54-52-50-48-46-44-29-27-25-23-21-19-17-15-13-11-9-7-2/h8,10,14,16,19-22,25-28,72H,6-7,9,11-13,15,17-18,23-24,29-71H2,1-5H3/p+1/b10-8-,16-14-,21-19-,22-20-,27-25-,28-26-. The van der Waals surface area contributed by atoms with E-state index >= 15 is 0 Å². The monoisotopic (exact) mass is 1200 g/mol. The Balaban J connectivity index is 3.96. The fraction of sp³-hybridized carbons (Fsp3) is 0.811. The van der Waals surface area contributed by atoms with Crippen LogP contribution < -0.4 is 0 Å². The molecule has 9 nitrogen and oxygen atoms in total. The molecule has 0 saturated carbocycles. The first-order valence-electron chi connectivity index (χ1n) is 35.7. The molecule has 0 saturated heterocycles. The lowest BCUT2D eigenvalue weighted by Crippen LogP contribution is -2.37. The van der Waals surface area contributed by atoms with E-state index in [1.807, 2.05) is 21.1 Å². The number of ether oxygens (including phenoxy) is 2. The molecular formula is C74H137NO8P+. The smallest absolute Gasteiger partial charge is 0.462 e. The van der Waals surface area contributed by atoms with Gasteiger partial charge in [0.05, 0.1) is 27.7 Å². The van der Waals surface area contributed by atoms with Gasteiger partial charge in [-0.25, -0.2) is 4.57 Å². The summed E-state index contributed by atoms with van der Waals surface area (Å²) in [6.07, 6.45) is 87.3. The zero-order valence-corrected chi connectivity index (χ0v) is 56.8. The average Bonchev–Trinajstić information content (AvgIpc) is 3.61. The number of carbonyl (C=O) groups is 2. The number of quaternary nitrogens is 1. The van der Waals surface area contributed by atoms with E-state index in [4.69, 9.17) is 18.5 Å². The van der Waals surface area contributed by atoms with Crippen LogP contribution in [0.2, 0.25) is 0 Å². The SMILES string of the molecule is CC/C=C\C/C=C\C/C=C\C/C=C\CCCCCCCCCCCCCCCCCCCCCCCCCCC(=O)OC(COC(=O)CCCCCCCCCCCCC/C=C\C/C=C\CCCCCCC)COP(=O)(O)OCC[N+](C)(C)C. The van der Waals surface area contributed by atoms with Crippen LogP contribution in [-0.2, 0) is 32.7 Å². The van der Waals surface area contributed by atoms with Crippen LogP contribution in [0.5, 0.6) is 0 Å². The lowest BCUT2D eigenvalue weighted by Gasteiger charge is -2.24. The largest absolute Gasteiger partial charge is 0.472 e. The van der Waals surface area contributed by atoms with E-state index in [1.54, 1.807) is 0 Å². The number of hydrogen-bond donors (Lipinski definition) is 1. The van der Waals surface area contributed by atoms with E-state index in [2.05, 4.69) is 86.8 Å². The number of esters is 2. The summed E-state index contributed by atoms with van der Waals surface area (Å²) in [5.41, 5.74) is 0. The summed E-state index contributed by atoms with van der Waals surface area (Å²) in [4.78, 5) is 35.9. The molecule has 2 atom stereocenters. The van der Waals surface area contributed by atoms with Gasteiger partial charge in [-0.3, -0.25) is 18.6 Å². The fourth-order valence-corrected chi connectivity index (χ4v) is 11.0. The zero-order chi connectivity index (χ0) is 61.2. The molecule has 84 heavy (non-hydrogen) atoms. The molecule has 0 heterocycles. The van der Waals surface area contributed by atoms with Gasteiger partial charge in [0.2, 0.25) is 0 Å². The molecule has 10 heteroatoms. The second-order valence-electron chi connectivity index (χ2n) is 25.2. The third kappa shape index (κ3) is 68.6. The van der Waals surface area contributed by atoms with Crippen LogP contribution in [-0.4, -0.2) is 74.9 Å². The predicted octanol–water partition coefficient (Wildman–Crippen LogP) is 23.2. The normalized spacial score (nSPS) is 13.5. The van der Waals surface area contributed by atoms with Gasteiger partial charge in [-0.2, -0.15) is 0 Å². The highest BCUT2D eigenvalue weighted by atomic mass is 31.2. The Bertz CT molecular complexity index is 1650. The van der Waals surface area contributed by atoms with Crippen LogP contribution in [0.3, 0.4) is 0 Å². The maximum Gasteiger partial charge on any atom is 0.472 e. The van der Waals surface area contributed by atoms with Crippen LogP contribution in [0.1, 0.15) is 335 Å². The second kappa shape index (κ2) is 64.9. The third-order valence-corrected chi connectivity index (χ3v) is 16.7.